The summed E-state index contributed by atoms with van der Waals surface area (Å²) in [6, 6.07) is 0. The van der Waals surface area contributed by atoms with Crippen LogP contribution in [0.1, 0.15) is 53.9 Å². The Kier molecular flexibility index (Phi) is 5.28. The van der Waals surface area contributed by atoms with Crippen molar-refractivity contribution in [2.75, 3.05) is 0 Å². The van der Waals surface area contributed by atoms with E-state index in [1.807, 2.05) is 0 Å². The molecule has 1 atom stereocenters. The lowest BCUT2D eigenvalue weighted by molar-refractivity contribution is 0.223. The van der Waals surface area contributed by atoms with Gasteiger partial charge in [-0.1, -0.05) is 53.2 Å². The van der Waals surface area contributed by atoms with Crippen LogP contribution < -0.4 is 0 Å². The first kappa shape index (κ1) is 11.7. The maximum absolute atomic E-state index is 2.36. The summed E-state index contributed by atoms with van der Waals surface area (Å²) in [5.74, 6) is 0.797. The molecule has 0 N–H and O–H groups in total. The van der Waals surface area contributed by atoms with Gasteiger partial charge in [0.25, 0.3) is 0 Å². The number of allylic oxidation sites excluding steroid dienone is 2. The third kappa shape index (κ3) is 3.94. The molecule has 0 aromatic rings. The molecule has 0 fully saturated rings. The van der Waals surface area contributed by atoms with Gasteiger partial charge in [-0.05, 0) is 24.2 Å². The largest absolute Gasteiger partial charge is 0.0888 e. The van der Waals surface area contributed by atoms with Crippen molar-refractivity contribution in [3.63, 3.8) is 0 Å². The standard InChI is InChI=1S/C12H24/c1-6-8-9-10-11(3)12(4,5)7-2/h8-9,11H,6-7,10H2,1-5H3. The number of rotatable bonds is 5. The average molecular weight is 168 g/mol. The molecule has 0 heteroatoms. The second-order valence-corrected chi connectivity index (χ2v) is 4.36. The lowest BCUT2D eigenvalue weighted by Crippen LogP contribution is -2.19. The van der Waals surface area contributed by atoms with Gasteiger partial charge in [0.15, 0.2) is 0 Å². The van der Waals surface area contributed by atoms with E-state index in [2.05, 4.69) is 46.8 Å². The summed E-state index contributed by atoms with van der Waals surface area (Å²) in [6.07, 6.45) is 8.26. The molecule has 1 unspecified atom stereocenters. The van der Waals surface area contributed by atoms with E-state index in [9.17, 15) is 0 Å². The van der Waals surface area contributed by atoms with Gasteiger partial charge >= 0.3 is 0 Å². The lowest BCUT2D eigenvalue weighted by Gasteiger charge is -2.29. The summed E-state index contributed by atoms with van der Waals surface area (Å²) in [5.41, 5.74) is 0.498. The number of hydrogen-bond donors (Lipinski definition) is 0. The Morgan fingerprint density at radius 3 is 2.17 bits per heavy atom. The zero-order chi connectivity index (χ0) is 9.61. The zero-order valence-electron chi connectivity index (χ0n) is 9.35. The quantitative estimate of drug-likeness (QED) is 0.533. The van der Waals surface area contributed by atoms with Gasteiger partial charge < -0.3 is 0 Å². The first-order valence-electron chi connectivity index (χ1n) is 5.19. The summed E-state index contributed by atoms with van der Waals surface area (Å²) < 4.78 is 0. The van der Waals surface area contributed by atoms with Crippen molar-refractivity contribution in [1.82, 2.24) is 0 Å². The molecule has 0 rings (SSSR count). The molecule has 0 saturated heterocycles. The molecule has 0 aliphatic rings. The van der Waals surface area contributed by atoms with Crippen LogP contribution in [-0.2, 0) is 0 Å². The topological polar surface area (TPSA) is 0 Å². The van der Waals surface area contributed by atoms with Crippen LogP contribution >= 0.6 is 0 Å². The molecule has 0 bridgehead atoms. The molecule has 0 heterocycles. The van der Waals surface area contributed by atoms with E-state index in [-0.39, 0.29) is 0 Å². The van der Waals surface area contributed by atoms with Gasteiger partial charge in [0.2, 0.25) is 0 Å². The van der Waals surface area contributed by atoms with Crippen LogP contribution in [0.15, 0.2) is 12.2 Å². The highest BCUT2D eigenvalue weighted by molar-refractivity contribution is 4.86. The Labute approximate surface area is 78.1 Å². The minimum atomic E-state index is 0.498. The molecule has 0 aliphatic carbocycles. The van der Waals surface area contributed by atoms with Gasteiger partial charge in [0.1, 0.15) is 0 Å². The molecule has 0 aromatic heterocycles. The third-order valence-corrected chi connectivity index (χ3v) is 3.14. The maximum atomic E-state index is 2.36. The van der Waals surface area contributed by atoms with Gasteiger partial charge in [-0.2, -0.15) is 0 Å². The summed E-state index contributed by atoms with van der Waals surface area (Å²) in [6.45, 7) is 11.5. The second kappa shape index (κ2) is 5.40. The van der Waals surface area contributed by atoms with Crippen LogP contribution in [0.2, 0.25) is 0 Å². The first-order chi connectivity index (χ1) is 5.54. The molecule has 0 saturated carbocycles. The molecular weight excluding hydrogens is 144 g/mol. The van der Waals surface area contributed by atoms with E-state index in [1.165, 1.54) is 19.3 Å². The van der Waals surface area contributed by atoms with Crippen molar-refractivity contribution >= 4 is 0 Å². The summed E-state index contributed by atoms with van der Waals surface area (Å²) in [7, 11) is 0. The Morgan fingerprint density at radius 2 is 1.75 bits per heavy atom. The molecule has 0 nitrogen and oxygen atoms in total. The highest BCUT2D eigenvalue weighted by Crippen LogP contribution is 2.32. The van der Waals surface area contributed by atoms with E-state index in [0.29, 0.717) is 5.41 Å². The van der Waals surface area contributed by atoms with Crippen LogP contribution in [0.25, 0.3) is 0 Å². The first-order valence-corrected chi connectivity index (χ1v) is 5.19. The molecule has 0 aliphatic heterocycles. The molecule has 0 amide bonds. The predicted octanol–water partition coefficient (Wildman–Crippen LogP) is 4.42. The molecular formula is C12H24. The van der Waals surface area contributed by atoms with Crippen molar-refractivity contribution in [3.8, 4) is 0 Å². The minimum Gasteiger partial charge on any atom is -0.0888 e. The summed E-state index contributed by atoms with van der Waals surface area (Å²) >= 11 is 0. The Hall–Kier alpha value is -0.260. The van der Waals surface area contributed by atoms with Gasteiger partial charge in [-0.3, -0.25) is 0 Å². The van der Waals surface area contributed by atoms with E-state index in [4.69, 9.17) is 0 Å². The van der Waals surface area contributed by atoms with Crippen LogP contribution in [-0.4, -0.2) is 0 Å². The van der Waals surface area contributed by atoms with Crippen molar-refractivity contribution in [3.05, 3.63) is 12.2 Å². The minimum absolute atomic E-state index is 0.498. The zero-order valence-corrected chi connectivity index (χ0v) is 9.35. The van der Waals surface area contributed by atoms with Gasteiger partial charge in [0.05, 0.1) is 0 Å². The van der Waals surface area contributed by atoms with Crippen molar-refractivity contribution in [1.29, 1.82) is 0 Å². The Bertz CT molecular complexity index is 131. The van der Waals surface area contributed by atoms with Crippen molar-refractivity contribution in [2.45, 2.75) is 53.9 Å². The Morgan fingerprint density at radius 1 is 1.17 bits per heavy atom. The molecule has 12 heavy (non-hydrogen) atoms. The molecule has 0 radical (unpaired) electrons. The number of hydrogen-bond acceptors (Lipinski definition) is 0. The van der Waals surface area contributed by atoms with E-state index in [0.717, 1.165) is 5.92 Å². The van der Waals surface area contributed by atoms with Crippen LogP contribution in [0.4, 0.5) is 0 Å². The fourth-order valence-corrected chi connectivity index (χ4v) is 1.13. The molecule has 0 aromatic carbocycles. The van der Waals surface area contributed by atoms with E-state index >= 15 is 0 Å². The van der Waals surface area contributed by atoms with Gasteiger partial charge in [-0.25, -0.2) is 0 Å². The normalized spacial score (nSPS) is 15.4. The van der Waals surface area contributed by atoms with Crippen LogP contribution in [0.3, 0.4) is 0 Å². The monoisotopic (exact) mass is 168 g/mol. The fourth-order valence-electron chi connectivity index (χ4n) is 1.13. The van der Waals surface area contributed by atoms with E-state index in [1.54, 1.807) is 0 Å². The predicted molar refractivity (Wildman–Crippen MR) is 57.3 cm³/mol. The fraction of sp³-hybridized carbons (Fsp3) is 0.833. The smallest absolute Gasteiger partial charge is 0.0320 e. The highest BCUT2D eigenvalue weighted by Gasteiger charge is 2.21. The molecule has 72 valence electrons. The third-order valence-electron chi connectivity index (χ3n) is 3.14. The average Bonchev–Trinajstić information content (AvgIpc) is 2.05. The summed E-state index contributed by atoms with van der Waals surface area (Å²) in [5, 5.41) is 0. The van der Waals surface area contributed by atoms with E-state index < -0.39 is 0 Å². The van der Waals surface area contributed by atoms with Gasteiger partial charge in [0, 0.05) is 0 Å². The lowest BCUT2D eigenvalue weighted by atomic mass is 9.76. The molecule has 0 spiro atoms. The van der Waals surface area contributed by atoms with Crippen LogP contribution in [0.5, 0.6) is 0 Å². The highest BCUT2D eigenvalue weighted by atomic mass is 14.3. The SMILES string of the molecule is CCC=CCC(C)C(C)(C)CC. The van der Waals surface area contributed by atoms with Crippen LogP contribution in [0, 0.1) is 11.3 Å². The second-order valence-electron chi connectivity index (χ2n) is 4.36. The van der Waals surface area contributed by atoms with Gasteiger partial charge in [-0.15, -0.1) is 0 Å². The van der Waals surface area contributed by atoms with Crippen molar-refractivity contribution in [2.24, 2.45) is 11.3 Å². The summed E-state index contributed by atoms with van der Waals surface area (Å²) in [4.78, 5) is 0. The Balaban J connectivity index is 3.86. The van der Waals surface area contributed by atoms with Crippen molar-refractivity contribution < 1.29 is 0 Å². The maximum Gasteiger partial charge on any atom is -0.0320 e.